The Balaban J connectivity index is 2.35. The van der Waals surface area contributed by atoms with Crippen LogP contribution in [-0.2, 0) is 10.0 Å². The second-order valence-electron chi connectivity index (χ2n) is 5.88. The number of benzene rings is 1. The molecule has 0 aromatic heterocycles. The molecule has 5 nitrogen and oxygen atoms in total. The minimum Gasteiger partial charge on any atom is -0.339 e. The smallest absolute Gasteiger partial charge is 0.254 e. The quantitative estimate of drug-likeness (QED) is 0.903. The highest BCUT2D eigenvalue weighted by atomic mass is 32.2. The van der Waals surface area contributed by atoms with E-state index < -0.39 is 10.0 Å². The van der Waals surface area contributed by atoms with Crippen LogP contribution >= 0.6 is 0 Å². The van der Waals surface area contributed by atoms with Gasteiger partial charge in [-0.1, -0.05) is 6.07 Å². The molecule has 1 aliphatic carbocycles. The summed E-state index contributed by atoms with van der Waals surface area (Å²) < 4.78 is 27.1. The molecule has 0 saturated heterocycles. The van der Waals surface area contributed by atoms with Crippen LogP contribution in [0.5, 0.6) is 0 Å². The van der Waals surface area contributed by atoms with Crippen molar-refractivity contribution in [2.45, 2.75) is 50.6 Å². The monoisotopic (exact) mass is 310 g/mol. The van der Waals surface area contributed by atoms with Gasteiger partial charge in [0.15, 0.2) is 0 Å². The number of hydrogen-bond donors (Lipinski definition) is 1. The topological polar surface area (TPSA) is 66.5 Å². The van der Waals surface area contributed by atoms with Crippen molar-refractivity contribution >= 4 is 15.9 Å². The van der Waals surface area contributed by atoms with E-state index in [2.05, 4.69) is 4.72 Å². The summed E-state index contributed by atoms with van der Waals surface area (Å²) in [5.41, 5.74) is 1.21. The van der Waals surface area contributed by atoms with E-state index in [1.54, 1.807) is 24.1 Å². The van der Waals surface area contributed by atoms with E-state index in [4.69, 9.17) is 0 Å². The maximum atomic E-state index is 12.4. The summed E-state index contributed by atoms with van der Waals surface area (Å²) in [6, 6.07) is 4.81. The van der Waals surface area contributed by atoms with Crippen LogP contribution in [-0.4, -0.2) is 38.4 Å². The molecule has 21 heavy (non-hydrogen) atoms. The van der Waals surface area contributed by atoms with Crippen molar-refractivity contribution in [1.29, 1.82) is 0 Å². The van der Waals surface area contributed by atoms with E-state index in [1.165, 1.54) is 6.07 Å². The Morgan fingerprint density at radius 2 is 1.95 bits per heavy atom. The van der Waals surface area contributed by atoms with Crippen molar-refractivity contribution in [3.8, 4) is 0 Å². The SMILES string of the molecule is Cc1ccc(S(=O)(=O)NC2CC2)cc1C(=O)N(C)C(C)C. The Hall–Kier alpha value is -1.40. The van der Waals surface area contributed by atoms with Gasteiger partial charge < -0.3 is 4.90 Å². The molecule has 2 rings (SSSR count). The number of nitrogens with one attached hydrogen (secondary N) is 1. The molecule has 1 N–H and O–H groups in total. The van der Waals surface area contributed by atoms with Gasteiger partial charge in [-0.15, -0.1) is 0 Å². The predicted molar refractivity (Wildman–Crippen MR) is 81.8 cm³/mol. The average molecular weight is 310 g/mol. The van der Waals surface area contributed by atoms with E-state index in [-0.39, 0.29) is 22.9 Å². The maximum absolute atomic E-state index is 12.4. The van der Waals surface area contributed by atoms with Crippen LogP contribution in [0.2, 0.25) is 0 Å². The third-order valence-electron chi connectivity index (χ3n) is 3.74. The normalized spacial score (nSPS) is 15.3. The third kappa shape index (κ3) is 3.63. The molecule has 0 spiro atoms. The largest absolute Gasteiger partial charge is 0.339 e. The van der Waals surface area contributed by atoms with Crippen LogP contribution in [0.15, 0.2) is 23.1 Å². The summed E-state index contributed by atoms with van der Waals surface area (Å²) in [6.07, 6.45) is 1.76. The predicted octanol–water partition coefficient (Wildman–Crippen LogP) is 1.92. The molecule has 0 aliphatic heterocycles. The van der Waals surface area contributed by atoms with Crippen molar-refractivity contribution < 1.29 is 13.2 Å². The van der Waals surface area contributed by atoms with Gasteiger partial charge in [0.1, 0.15) is 0 Å². The van der Waals surface area contributed by atoms with Gasteiger partial charge in [-0.2, -0.15) is 0 Å². The fourth-order valence-corrected chi connectivity index (χ4v) is 3.24. The number of carbonyl (C=O) groups is 1. The Labute approximate surface area is 126 Å². The van der Waals surface area contributed by atoms with Crippen LogP contribution in [0, 0.1) is 6.92 Å². The van der Waals surface area contributed by atoms with E-state index in [0.717, 1.165) is 18.4 Å². The lowest BCUT2D eigenvalue weighted by atomic mass is 10.1. The molecule has 1 aromatic carbocycles. The highest BCUT2D eigenvalue weighted by molar-refractivity contribution is 7.89. The van der Waals surface area contributed by atoms with Gasteiger partial charge in [-0.3, -0.25) is 4.79 Å². The number of carbonyl (C=O) groups excluding carboxylic acids is 1. The first-order valence-electron chi connectivity index (χ1n) is 7.12. The minimum absolute atomic E-state index is 0.0498. The number of hydrogen-bond acceptors (Lipinski definition) is 3. The fourth-order valence-electron chi connectivity index (χ4n) is 1.91. The van der Waals surface area contributed by atoms with Gasteiger partial charge in [0, 0.05) is 24.7 Å². The summed E-state index contributed by atoms with van der Waals surface area (Å²) in [4.78, 5) is 14.2. The van der Waals surface area contributed by atoms with Gasteiger partial charge in [0.05, 0.1) is 4.90 Å². The van der Waals surface area contributed by atoms with Gasteiger partial charge in [0.2, 0.25) is 10.0 Å². The molecule has 0 bridgehead atoms. The Morgan fingerprint density at radius 1 is 1.33 bits per heavy atom. The van der Waals surface area contributed by atoms with Crippen LogP contribution in [0.1, 0.15) is 42.6 Å². The Morgan fingerprint density at radius 3 is 2.48 bits per heavy atom. The summed E-state index contributed by atoms with van der Waals surface area (Å²) in [5, 5.41) is 0. The van der Waals surface area contributed by atoms with Crippen molar-refractivity contribution in [2.75, 3.05) is 7.05 Å². The lowest BCUT2D eigenvalue weighted by Crippen LogP contribution is -2.33. The number of sulfonamides is 1. The van der Waals surface area contributed by atoms with E-state index >= 15 is 0 Å². The second kappa shape index (κ2) is 5.77. The number of aryl methyl sites for hydroxylation is 1. The Bertz CT molecular complexity index is 649. The summed E-state index contributed by atoms with van der Waals surface area (Å²) in [7, 11) is -1.82. The molecular formula is C15H22N2O3S. The molecular weight excluding hydrogens is 288 g/mol. The highest BCUT2D eigenvalue weighted by Gasteiger charge is 2.28. The second-order valence-corrected chi connectivity index (χ2v) is 7.60. The molecule has 1 amide bonds. The zero-order valence-corrected chi connectivity index (χ0v) is 13.7. The first-order chi connectivity index (χ1) is 9.72. The van der Waals surface area contributed by atoms with Crippen LogP contribution in [0.4, 0.5) is 0 Å². The summed E-state index contributed by atoms with van der Waals surface area (Å²) in [5.74, 6) is -0.161. The maximum Gasteiger partial charge on any atom is 0.254 e. The highest BCUT2D eigenvalue weighted by Crippen LogP contribution is 2.23. The van der Waals surface area contributed by atoms with Crippen molar-refractivity contribution in [1.82, 2.24) is 9.62 Å². The lowest BCUT2D eigenvalue weighted by molar-refractivity contribution is 0.0754. The summed E-state index contributed by atoms with van der Waals surface area (Å²) >= 11 is 0. The first-order valence-corrected chi connectivity index (χ1v) is 8.61. The molecule has 0 unspecified atom stereocenters. The lowest BCUT2D eigenvalue weighted by Gasteiger charge is -2.22. The number of nitrogens with zero attached hydrogens (tertiary/aromatic N) is 1. The molecule has 1 aliphatic rings. The zero-order valence-electron chi connectivity index (χ0n) is 12.9. The van der Waals surface area contributed by atoms with Crippen LogP contribution in [0.25, 0.3) is 0 Å². The molecule has 6 heteroatoms. The van der Waals surface area contributed by atoms with Gasteiger partial charge in [-0.05, 0) is 51.3 Å². The number of rotatable bonds is 5. The average Bonchev–Trinajstić information content (AvgIpc) is 3.20. The van der Waals surface area contributed by atoms with E-state index in [0.29, 0.717) is 5.56 Å². The molecule has 0 heterocycles. The Kier molecular flexibility index (Phi) is 4.39. The van der Waals surface area contributed by atoms with Gasteiger partial charge in [0.25, 0.3) is 5.91 Å². The number of amides is 1. The van der Waals surface area contributed by atoms with E-state index in [1.807, 2.05) is 20.8 Å². The minimum atomic E-state index is -3.54. The molecule has 116 valence electrons. The fraction of sp³-hybridized carbons (Fsp3) is 0.533. The molecule has 1 aromatic rings. The van der Waals surface area contributed by atoms with Crippen LogP contribution in [0.3, 0.4) is 0 Å². The van der Waals surface area contributed by atoms with Crippen molar-refractivity contribution in [2.24, 2.45) is 0 Å². The molecule has 0 atom stereocenters. The van der Waals surface area contributed by atoms with Crippen molar-refractivity contribution in [3.63, 3.8) is 0 Å². The van der Waals surface area contributed by atoms with Crippen LogP contribution < -0.4 is 4.72 Å². The first kappa shape index (κ1) is 16.0. The molecule has 1 fully saturated rings. The molecule has 0 radical (unpaired) electrons. The molecule has 1 saturated carbocycles. The summed E-state index contributed by atoms with van der Waals surface area (Å²) in [6.45, 7) is 5.65. The zero-order chi connectivity index (χ0) is 15.8. The van der Waals surface area contributed by atoms with Gasteiger partial charge in [-0.25, -0.2) is 13.1 Å². The van der Waals surface area contributed by atoms with E-state index in [9.17, 15) is 13.2 Å². The van der Waals surface area contributed by atoms with Gasteiger partial charge >= 0.3 is 0 Å². The van der Waals surface area contributed by atoms with Crippen molar-refractivity contribution in [3.05, 3.63) is 29.3 Å². The standard InChI is InChI=1S/C15H22N2O3S/c1-10(2)17(4)15(18)14-9-13(8-5-11(14)3)21(19,20)16-12-6-7-12/h5,8-10,12,16H,6-7H2,1-4H3. The third-order valence-corrected chi connectivity index (χ3v) is 5.26.